The smallest absolute Gasteiger partial charge is 0.321 e. The van der Waals surface area contributed by atoms with Crippen molar-refractivity contribution in [2.24, 2.45) is 0 Å². The molecule has 0 spiro atoms. The predicted molar refractivity (Wildman–Crippen MR) is 103 cm³/mol. The molecule has 0 saturated heterocycles. The van der Waals surface area contributed by atoms with E-state index in [9.17, 15) is 24.8 Å². The van der Waals surface area contributed by atoms with Crippen molar-refractivity contribution in [2.45, 2.75) is 44.6 Å². The number of amides is 1. The number of allylic oxidation sites excluding steroid dienone is 1. The molecular weight excluding hydrogens is 366 g/mol. The van der Waals surface area contributed by atoms with Crippen LogP contribution in [0.4, 0.5) is 11.4 Å². The molecule has 28 heavy (non-hydrogen) atoms. The Bertz CT molecular complexity index is 762. The summed E-state index contributed by atoms with van der Waals surface area (Å²) < 4.78 is 5.09. The summed E-state index contributed by atoms with van der Waals surface area (Å²) in [4.78, 5) is 34.1. The molecule has 1 aliphatic rings. The molecule has 0 saturated carbocycles. The number of carbonyl (C=O) groups excluding carboxylic acids is 1. The molecule has 0 aliphatic heterocycles. The number of non-ortho nitro benzene ring substituents is 1. The number of hydrogen-bond acceptors (Lipinski definition) is 6. The van der Waals surface area contributed by atoms with E-state index in [1.54, 1.807) is 0 Å². The molecule has 0 heterocycles. The van der Waals surface area contributed by atoms with Gasteiger partial charge in [-0.25, -0.2) is 0 Å². The van der Waals surface area contributed by atoms with Gasteiger partial charge in [0, 0.05) is 12.1 Å². The van der Waals surface area contributed by atoms with Crippen LogP contribution in [-0.4, -0.2) is 41.6 Å². The zero-order chi connectivity index (χ0) is 20.5. The number of nitrogens with one attached hydrogen (secondary N) is 2. The number of anilines is 1. The molecule has 1 amide bonds. The number of nitro groups is 1. The van der Waals surface area contributed by atoms with Gasteiger partial charge in [-0.3, -0.25) is 19.7 Å². The summed E-state index contributed by atoms with van der Waals surface area (Å²) in [7, 11) is 1.37. The van der Waals surface area contributed by atoms with Crippen molar-refractivity contribution in [3.63, 3.8) is 0 Å². The molecule has 0 aromatic heterocycles. The van der Waals surface area contributed by atoms with Gasteiger partial charge in [0.05, 0.1) is 24.1 Å². The highest BCUT2D eigenvalue weighted by Crippen LogP contribution is 2.29. The largest absolute Gasteiger partial charge is 0.495 e. The summed E-state index contributed by atoms with van der Waals surface area (Å²) in [5, 5.41) is 25.7. The third kappa shape index (κ3) is 6.34. The van der Waals surface area contributed by atoms with Gasteiger partial charge in [0.25, 0.3) is 5.69 Å². The lowest BCUT2D eigenvalue weighted by Crippen LogP contribution is -2.40. The van der Waals surface area contributed by atoms with Crippen LogP contribution >= 0.6 is 0 Å². The van der Waals surface area contributed by atoms with Crippen LogP contribution in [0.5, 0.6) is 5.75 Å². The van der Waals surface area contributed by atoms with Crippen LogP contribution in [0, 0.1) is 10.1 Å². The number of carboxylic acids is 1. The molecule has 152 valence electrons. The molecule has 1 aromatic rings. The molecule has 0 bridgehead atoms. The van der Waals surface area contributed by atoms with E-state index < -0.39 is 22.8 Å². The number of carbonyl (C=O) groups is 2. The minimum atomic E-state index is -1.13. The number of hydrogen-bond donors (Lipinski definition) is 3. The van der Waals surface area contributed by atoms with E-state index in [-0.39, 0.29) is 23.5 Å². The maximum atomic E-state index is 12.3. The average Bonchev–Trinajstić information content (AvgIpc) is 2.67. The molecule has 9 heteroatoms. The van der Waals surface area contributed by atoms with Gasteiger partial charge in [-0.15, -0.1) is 0 Å². The fraction of sp³-hybridized carbons (Fsp3) is 0.474. The topological polar surface area (TPSA) is 131 Å². The molecule has 3 N–H and O–H groups in total. The van der Waals surface area contributed by atoms with Crippen LogP contribution in [0.1, 0.15) is 38.5 Å². The molecule has 9 nitrogen and oxygen atoms in total. The molecule has 2 rings (SSSR count). The molecule has 1 aromatic carbocycles. The van der Waals surface area contributed by atoms with Crippen molar-refractivity contribution in [2.75, 3.05) is 19.0 Å². The Labute approximate surface area is 162 Å². The summed E-state index contributed by atoms with van der Waals surface area (Å²) in [6.07, 6.45) is 7.09. The standard InChI is InChI=1S/C19H25N3O6/c1-28-17-8-7-14(22(26)27)11-15(17)21-18(23)12-16(19(24)25)20-10-9-13-5-3-2-4-6-13/h5,7-8,11,16,20H,2-4,6,9-10,12H2,1H3,(H,21,23)(H,24,25). The highest BCUT2D eigenvalue weighted by molar-refractivity contribution is 5.95. The first kappa shape index (κ1) is 21.4. The number of nitro benzene ring substituents is 1. The van der Waals surface area contributed by atoms with Crippen molar-refractivity contribution in [3.8, 4) is 5.75 Å². The Kier molecular flexibility index (Phi) is 7.94. The summed E-state index contributed by atoms with van der Waals surface area (Å²) in [6, 6.07) is 2.76. The second kappa shape index (κ2) is 10.4. The molecule has 1 unspecified atom stereocenters. The van der Waals surface area contributed by atoms with Gasteiger partial charge in [0.15, 0.2) is 0 Å². The predicted octanol–water partition coefficient (Wildman–Crippen LogP) is 2.87. The van der Waals surface area contributed by atoms with Crippen molar-refractivity contribution >= 4 is 23.3 Å². The van der Waals surface area contributed by atoms with Crippen molar-refractivity contribution < 1.29 is 24.4 Å². The number of ether oxygens (including phenoxy) is 1. The van der Waals surface area contributed by atoms with E-state index in [2.05, 4.69) is 16.7 Å². The van der Waals surface area contributed by atoms with Gasteiger partial charge >= 0.3 is 5.97 Å². The lowest BCUT2D eigenvalue weighted by atomic mass is 9.97. The molecule has 0 radical (unpaired) electrons. The SMILES string of the molecule is COc1ccc([N+](=O)[O-])cc1NC(=O)CC(NCCC1=CCCCC1)C(=O)O. The minimum absolute atomic E-state index is 0.123. The summed E-state index contributed by atoms with van der Waals surface area (Å²) in [5.74, 6) is -1.45. The van der Waals surface area contributed by atoms with E-state index >= 15 is 0 Å². The van der Waals surface area contributed by atoms with Gasteiger partial charge < -0.3 is 20.5 Å². The second-order valence-corrected chi connectivity index (χ2v) is 6.60. The lowest BCUT2D eigenvalue weighted by molar-refractivity contribution is -0.384. The highest BCUT2D eigenvalue weighted by atomic mass is 16.6. The van der Waals surface area contributed by atoms with Crippen LogP contribution in [0.2, 0.25) is 0 Å². The Morgan fingerprint density at radius 1 is 1.36 bits per heavy atom. The quantitative estimate of drug-likeness (QED) is 0.317. The fourth-order valence-electron chi connectivity index (χ4n) is 3.08. The minimum Gasteiger partial charge on any atom is -0.495 e. The summed E-state index contributed by atoms with van der Waals surface area (Å²) in [6.45, 7) is 0.468. The van der Waals surface area contributed by atoms with Gasteiger partial charge in [-0.1, -0.05) is 11.6 Å². The van der Waals surface area contributed by atoms with Crippen LogP contribution in [0.25, 0.3) is 0 Å². The van der Waals surface area contributed by atoms with Crippen molar-refractivity contribution in [1.29, 1.82) is 0 Å². The molecule has 1 atom stereocenters. The van der Waals surface area contributed by atoms with Crippen molar-refractivity contribution in [3.05, 3.63) is 40.0 Å². The maximum Gasteiger partial charge on any atom is 0.321 e. The van der Waals surface area contributed by atoms with Gasteiger partial charge in [-0.05, 0) is 44.7 Å². The van der Waals surface area contributed by atoms with Crippen LogP contribution in [-0.2, 0) is 9.59 Å². The third-order valence-corrected chi connectivity index (χ3v) is 4.58. The number of rotatable bonds is 10. The maximum absolute atomic E-state index is 12.3. The van der Waals surface area contributed by atoms with Gasteiger partial charge in [0.2, 0.25) is 5.91 Å². The first-order valence-electron chi connectivity index (χ1n) is 9.17. The summed E-state index contributed by atoms with van der Waals surface area (Å²) >= 11 is 0. The zero-order valence-corrected chi connectivity index (χ0v) is 15.8. The highest BCUT2D eigenvalue weighted by Gasteiger charge is 2.22. The first-order chi connectivity index (χ1) is 13.4. The van der Waals surface area contributed by atoms with Crippen LogP contribution in [0.3, 0.4) is 0 Å². The van der Waals surface area contributed by atoms with E-state index in [0.717, 1.165) is 25.7 Å². The Morgan fingerprint density at radius 3 is 2.75 bits per heavy atom. The molecule has 0 fully saturated rings. The van der Waals surface area contributed by atoms with E-state index in [1.165, 1.54) is 37.3 Å². The third-order valence-electron chi connectivity index (χ3n) is 4.58. The number of benzene rings is 1. The normalized spacial score (nSPS) is 14.7. The first-order valence-corrected chi connectivity index (χ1v) is 9.17. The second-order valence-electron chi connectivity index (χ2n) is 6.60. The van der Waals surface area contributed by atoms with Crippen molar-refractivity contribution in [1.82, 2.24) is 5.32 Å². The summed E-state index contributed by atoms with van der Waals surface area (Å²) in [5.41, 5.74) is 1.23. The van der Waals surface area contributed by atoms with Gasteiger partial charge in [0.1, 0.15) is 11.8 Å². The van der Waals surface area contributed by atoms with E-state index in [1.807, 2.05) is 0 Å². The van der Waals surface area contributed by atoms with E-state index in [0.29, 0.717) is 6.54 Å². The Balaban J connectivity index is 1.94. The Morgan fingerprint density at radius 2 is 2.14 bits per heavy atom. The number of aliphatic carboxylic acids is 1. The fourth-order valence-corrected chi connectivity index (χ4v) is 3.08. The lowest BCUT2D eigenvalue weighted by Gasteiger charge is -2.17. The molecule has 1 aliphatic carbocycles. The van der Waals surface area contributed by atoms with Crippen LogP contribution in [0.15, 0.2) is 29.8 Å². The molecular formula is C19H25N3O6. The number of methoxy groups -OCH3 is 1. The average molecular weight is 391 g/mol. The number of carboxylic acid groups (broad SMARTS) is 1. The van der Waals surface area contributed by atoms with Crippen LogP contribution < -0.4 is 15.4 Å². The Hall–Kier alpha value is -2.94. The van der Waals surface area contributed by atoms with E-state index in [4.69, 9.17) is 4.74 Å². The monoisotopic (exact) mass is 391 g/mol. The number of nitrogens with zero attached hydrogens (tertiary/aromatic N) is 1. The zero-order valence-electron chi connectivity index (χ0n) is 15.8. The van der Waals surface area contributed by atoms with Gasteiger partial charge in [-0.2, -0.15) is 0 Å².